The van der Waals surface area contributed by atoms with Gasteiger partial charge < -0.3 is 24.8 Å². The van der Waals surface area contributed by atoms with Crippen molar-refractivity contribution in [1.29, 1.82) is 0 Å². The average molecular weight is 415 g/mol. The first kappa shape index (κ1) is 21.9. The minimum absolute atomic E-state index is 0.193. The molecule has 3 rings (SSSR count). The largest absolute Gasteiger partial charge is 0.497 e. The molecule has 30 heavy (non-hydrogen) atoms. The van der Waals surface area contributed by atoms with Gasteiger partial charge in [-0.2, -0.15) is 0 Å². The number of benzene rings is 1. The molecule has 162 valence electrons. The predicted octanol–water partition coefficient (Wildman–Crippen LogP) is 2.79. The smallest absolute Gasteiger partial charge is 0.315 e. The van der Waals surface area contributed by atoms with Crippen molar-refractivity contribution in [2.75, 3.05) is 33.3 Å². The van der Waals surface area contributed by atoms with Gasteiger partial charge in [0, 0.05) is 51.1 Å². The zero-order chi connectivity index (χ0) is 21.3. The molecule has 1 aromatic carbocycles. The van der Waals surface area contributed by atoms with Gasteiger partial charge in [-0.3, -0.25) is 4.90 Å². The second kappa shape index (κ2) is 10.8. The Kier molecular flexibility index (Phi) is 7.87. The number of nitrogens with zero attached hydrogens (tertiary/aromatic N) is 2. The van der Waals surface area contributed by atoms with Crippen LogP contribution in [0.2, 0.25) is 0 Å². The highest BCUT2D eigenvalue weighted by Crippen LogP contribution is 2.23. The number of ether oxygens (including phenoxy) is 3. The number of urea groups is 1. The summed E-state index contributed by atoms with van der Waals surface area (Å²) in [4.78, 5) is 18.6. The maximum absolute atomic E-state index is 12.0. The molecule has 1 saturated heterocycles. The Morgan fingerprint density at radius 3 is 2.63 bits per heavy atom. The number of carbonyl (C=O) groups excluding carboxylic acids is 1. The van der Waals surface area contributed by atoms with Gasteiger partial charge in [0.05, 0.1) is 19.3 Å². The van der Waals surface area contributed by atoms with Crippen molar-refractivity contribution in [2.45, 2.75) is 32.6 Å². The van der Waals surface area contributed by atoms with E-state index in [1.165, 1.54) is 0 Å². The fourth-order valence-electron chi connectivity index (χ4n) is 3.40. The number of rotatable bonds is 8. The van der Waals surface area contributed by atoms with E-state index < -0.39 is 0 Å². The van der Waals surface area contributed by atoms with Crippen LogP contribution < -0.4 is 20.1 Å². The van der Waals surface area contributed by atoms with Gasteiger partial charge in [0.25, 0.3) is 0 Å². The highest BCUT2D eigenvalue weighted by atomic mass is 16.5. The summed E-state index contributed by atoms with van der Waals surface area (Å²) in [5.74, 6) is 1.85. The summed E-state index contributed by atoms with van der Waals surface area (Å²) in [7, 11) is 1.61. The molecule has 8 nitrogen and oxygen atoms in total. The summed E-state index contributed by atoms with van der Waals surface area (Å²) < 4.78 is 16.6. The summed E-state index contributed by atoms with van der Waals surface area (Å²) in [6.07, 6.45) is 2.14. The number of carbonyl (C=O) groups is 1. The Morgan fingerprint density at radius 1 is 1.17 bits per heavy atom. The van der Waals surface area contributed by atoms with Crippen molar-refractivity contribution in [2.24, 2.45) is 0 Å². The van der Waals surface area contributed by atoms with Gasteiger partial charge in [0.2, 0.25) is 5.88 Å². The van der Waals surface area contributed by atoms with Crippen molar-refractivity contribution >= 4 is 6.03 Å². The van der Waals surface area contributed by atoms with E-state index in [1.54, 1.807) is 25.4 Å². The van der Waals surface area contributed by atoms with E-state index in [0.717, 1.165) is 30.9 Å². The molecule has 1 aliphatic rings. The maximum Gasteiger partial charge on any atom is 0.315 e. The summed E-state index contributed by atoms with van der Waals surface area (Å²) >= 11 is 0. The van der Waals surface area contributed by atoms with Crippen LogP contribution in [-0.4, -0.2) is 61.4 Å². The Bertz CT molecular complexity index is 805. The fourth-order valence-corrected chi connectivity index (χ4v) is 3.40. The van der Waals surface area contributed by atoms with Crippen molar-refractivity contribution in [3.05, 3.63) is 48.2 Å². The minimum Gasteiger partial charge on any atom is -0.497 e. The normalized spacial score (nSPS) is 19.2. The zero-order valence-electron chi connectivity index (χ0n) is 17.8. The first-order chi connectivity index (χ1) is 14.5. The third-order valence-corrected chi connectivity index (χ3v) is 4.72. The number of aromatic nitrogens is 1. The van der Waals surface area contributed by atoms with Gasteiger partial charge in [0.1, 0.15) is 11.5 Å². The van der Waals surface area contributed by atoms with E-state index in [1.807, 2.05) is 24.3 Å². The van der Waals surface area contributed by atoms with E-state index in [0.29, 0.717) is 24.7 Å². The van der Waals surface area contributed by atoms with Crippen LogP contribution in [0.15, 0.2) is 42.6 Å². The minimum atomic E-state index is -0.193. The molecule has 0 saturated carbocycles. The number of methoxy groups -OCH3 is 1. The van der Waals surface area contributed by atoms with Crippen molar-refractivity contribution in [1.82, 2.24) is 20.5 Å². The topological polar surface area (TPSA) is 85.0 Å². The van der Waals surface area contributed by atoms with Gasteiger partial charge >= 0.3 is 6.03 Å². The molecule has 2 aromatic rings. The third kappa shape index (κ3) is 6.89. The van der Waals surface area contributed by atoms with Crippen molar-refractivity contribution in [3.63, 3.8) is 0 Å². The van der Waals surface area contributed by atoms with Crippen LogP contribution in [0.4, 0.5) is 4.79 Å². The van der Waals surface area contributed by atoms with E-state index >= 15 is 0 Å². The molecule has 2 amide bonds. The molecule has 0 bridgehead atoms. The van der Waals surface area contributed by atoms with E-state index in [2.05, 4.69) is 34.4 Å². The van der Waals surface area contributed by atoms with Crippen LogP contribution in [0.1, 0.15) is 19.4 Å². The molecular formula is C22H30N4O4. The van der Waals surface area contributed by atoms with Gasteiger partial charge in [-0.15, -0.1) is 0 Å². The predicted molar refractivity (Wildman–Crippen MR) is 114 cm³/mol. The molecule has 1 fully saturated rings. The number of pyridine rings is 1. The molecular weight excluding hydrogens is 384 g/mol. The Balaban J connectivity index is 1.37. The van der Waals surface area contributed by atoms with Crippen LogP contribution in [0.3, 0.4) is 0 Å². The van der Waals surface area contributed by atoms with Crippen molar-refractivity contribution < 1.29 is 19.0 Å². The SMILES string of the molecule is COc1cccc(Oc2ccc(CNC(=O)NCCN3CC(C)OC(C)C3)cn2)c1. The number of hydrogen-bond acceptors (Lipinski definition) is 6. The third-order valence-electron chi connectivity index (χ3n) is 4.72. The highest BCUT2D eigenvalue weighted by Gasteiger charge is 2.21. The molecule has 1 aromatic heterocycles. The number of amides is 2. The molecule has 2 atom stereocenters. The van der Waals surface area contributed by atoms with E-state index in [4.69, 9.17) is 14.2 Å². The maximum atomic E-state index is 12.0. The lowest BCUT2D eigenvalue weighted by atomic mass is 10.2. The highest BCUT2D eigenvalue weighted by molar-refractivity contribution is 5.73. The number of morpholine rings is 1. The molecule has 2 unspecified atom stereocenters. The molecule has 2 N–H and O–H groups in total. The standard InChI is InChI=1S/C22H30N4O4/c1-16-14-26(15-17(2)29-16)10-9-23-22(27)25-13-18-7-8-21(24-12-18)30-20-6-4-5-19(11-20)28-3/h4-8,11-12,16-17H,9-10,13-15H2,1-3H3,(H2,23,25,27). The molecule has 0 spiro atoms. The molecule has 0 aliphatic carbocycles. The van der Waals surface area contributed by atoms with Gasteiger partial charge in [0.15, 0.2) is 0 Å². The summed E-state index contributed by atoms with van der Waals surface area (Å²) in [5.41, 5.74) is 0.888. The van der Waals surface area contributed by atoms with Crippen molar-refractivity contribution in [3.8, 4) is 17.4 Å². The molecule has 1 aliphatic heterocycles. The van der Waals surface area contributed by atoms with E-state index in [-0.39, 0.29) is 18.2 Å². The first-order valence-corrected chi connectivity index (χ1v) is 10.2. The van der Waals surface area contributed by atoms with Crippen LogP contribution >= 0.6 is 0 Å². The van der Waals surface area contributed by atoms with Gasteiger partial charge in [-0.1, -0.05) is 12.1 Å². The number of hydrogen-bond donors (Lipinski definition) is 2. The number of nitrogens with one attached hydrogen (secondary N) is 2. The van der Waals surface area contributed by atoms with Crippen LogP contribution in [0, 0.1) is 0 Å². The zero-order valence-corrected chi connectivity index (χ0v) is 17.8. The summed E-state index contributed by atoms with van der Waals surface area (Å²) in [6, 6.07) is 10.8. The molecule has 0 radical (unpaired) electrons. The second-order valence-electron chi connectivity index (χ2n) is 7.41. The molecule has 2 heterocycles. The van der Waals surface area contributed by atoms with E-state index in [9.17, 15) is 4.79 Å². The second-order valence-corrected chi connectivity index (χ2v) is 7.41. The molecule has 8 heteroatoms. The van der Waals surface area contributed by atoms with Gasteiger partial charge in [-0.25, -0.2) is 9.78 Å². The quantitative estimate of drug-likeness (QED) is 0.691. The van der Waals surface area contributed by atoms with Gasteiger partial charge in [-0.05, 0) is 31.5 Å². The van der Waals surface area contributed by atoms with Crippen LogP contribution in [0.5, 0.6) is 17.4 Å². The fraction of sp³-hybridized carbons (Fsp3) is 0.455. The average Bonchev–Trinajstić information content (AvgIpc) is 2.73. The lowest BCUT2D eigenvalue weighted by Crippen LogP contribution is -2.48. The van der Waals surface area contributed by atoms with Crippen LogP contribution in [0.25, 0.3) is 0 Å². The lowest BCUT2D eigenvalue weighted by Gasteiger charge is -2.35. The monoisotopic (exact) mass is 414 g/mol. The lowest BCUT2D eigenvalue weighted by molar-refractivity contribution is -0.0672. The first-order valence-electron chi connectivity index (χ1n) is 10.2. The Morgan fingerprint density at radius 2 is 1.93 bits per heavy atom. The Hall–Kier alpha value is -2.84. The van der Waals surface area contributed by atoms with Crippen LogP contribution in [-0.2, 0) is 11.3 Å². The Labute approximate surface area is 177 Å². The summed E-state index contributed by atoms with van der Waals surface area (Å²) in [5, 5.41) is 5.74. The summed E-state index contributed by atoms with van der Waals surface area (Å²) in [6.45, 7) is 7.73.